The first-order valence-electron chi connectivity index (χ1n) is 6.13. The zero-order valence-electron chi connectivity index (χ0n) is 10.6. The highest BCUT2D eigenvalue weighted by Crippen LogP contribution is 2.31. The van der Waals surface area contributed by atoms with Gasteiger partial charge in [0.25, 0.3) is 0 Å². The van der Waals surface area contributed by atoms with Gasteiger partial charge in [0.15, 0.2) is 0 Å². The molecule has 1 saturated heterocycles. The summed E-state index contributed by atoms with van der Waals surface area (Å²) in [6, 6.07) is 0. The van der Waals surface area contributed by atoms with Gasteiger partial charge in [0.1, 0.15) is 26.6 Å². The molecule has 0 spiro atoms. The van der Waals surface area contributed by atoms with Gasteiger partial charge >= 0.3 is 5.69 Å². The van der Waals surface area contributed by atoms with E-state index >= 15 is 0 Å². The molecule has 0 amide bonds. The molecule has 2 rings (SSSR count). The summed E-state index contributed by atoms with van der Waals surface area (Å²) in [6.45, 7) is 1.95. The molecule has 4 radical (unpaired) electrons. The van der Waals surface area contributed by atoms with Crippen molar-refractivity contribution in [2.24, 2.45) is 0 Å². The third-order valence-electron chi connectivity index (χ3n) is 3.25. The van der Waals surface area contributed by atoms with E-state index in [0.717, 1.165) is 5.56 Å². The lowest BCUT2D eigenvalue weighted by Crippen LogP contribution is -2.43. The molecule has 0 aromatic carbocycles. The lowest BCUT2D eigenvalue weighted by atomic mass is 9.61. The van der Waals surface area contributed by atoms with Gasteiger partial charge in [-0.2, -0.15) is 0 Å². The molecule has 2 heterocycles. The number of aromatic nitrogens is 2. The van der Waals surface area contributed by atoms with Crippen LogP contribution in [0.15, 0.2) is 11.0 Å². The first-order chi connectivity index (χ1) is 8.82. The maximum Gasteiger partial charge on any atom is 0.328 e. The van der Waals surface area contributed by atoms with Crippen molar-refractivity contribution in [2.75, 3.05) is 0 Å². The second-order valence-electron chi connectivity index (χ2n) is 4.72. The van der Waals surface area contributed by atoms with Crippen molar-refractivity contribution < 1.29 is 9.84 Å². The van der Waals surface area contributed by atoms with Gasteiger partial charge in [-0.15, -0.1) is 0 Å². The molecule has 2 N–H and O–H groups in total. The van der Waals surface area contributed by atoms with E-state index in [9.17, 15) is 9.90 Å². The third kappa shape index (κ3) is 3.01. The Kier molecular flexibility index (Phi) is 4.03. The monoisotopic (exact) mass is 276 g/mol. The van der Waals surface area contributed by atoms with Crippen molar-refractivity contribution in [3.05, 3.63) is 26.9 Å². The molecule has 5 nitrogen and oxygen atoms in total. The molecule has 0 aliphatic carbocycles. The molecule has 1 aliphatic heterocycles. The SMILES string of the molecule is [B]C([B])(O)C1CCC(n2cc(CC)c(=S)[nH]c2=O)O1. The van der Waals surface area contributed by atoms with Crippen molar-refractivity contribution in [2.45, 2.75) is 43.9 Å². The average Bonchev–Trinajstić information content (AvgIpc) is 2.78. The number of hydrogen-bond donors (Lipinski definition) is 2. The summed E-state index contributed by atoms with van der Waals surface area (Å²) < 4.78 is 7.41. The third-order valence-corrected chi connectivity index (χ3v) is 3.61. The topological polar surface area (TPSA) is 67.2 Å². The first-order valence-corrected chi connectivity index (χ1v) is 6.53. The molecule has 1 aliphatic rings. The fraction of sp³-hybridized carbons (Fsp3) is 0.636. The van der Waals surface area contributed by atoms with Crippen LogP contribution in [0.4, 0.5) is 0 Å². The Bertz CT molecular complexity index is 579. The van der Waals surface area contributed by atoms with Gasteiger partial charge in [-0.3, -0.25) is 9.55 Å². The van der Waals surface area contributed by atoms with Gasteiger partial charge in [-0.05, 0) is 19.3 Å². The standard InChI is InChI=1S/C11H14B2N2O3S/c1-2-6-5-15(10(16)14-9(6)19)8-4-3-7(18-8)11(12,13)17/h5,7-8,17H,2-4H2,1H3,(H,14,16,19). The van der Waals surface area contributed by atoms with Crippen LogP contribution in [0.2, 0.25) is 0 Å². The number of rotatable bonds is 3. The zero-order valence-corrected chi connectivity index (χ0v) is 11.4. The molecule has 1 fully saturated rings. The maximum atomic E-state index is 11.9. The lowest BCUT2D eigenvalue weighted by molar-refractivity contribution is -0.0503. The van der Waals surface area contributed by atoms with Crippen molar-refractivity contribution in [1.82, 2.24) is 9.55 Å². The Morgan fingerprint density at radius 2 is 2.32 bits per heavy atom. The molecule has 0 bridgehead atoms. The van der Waals surface area contributed by atoms with E-state index in [-0.39, 0.29) is 5.69 Å². The summed E-state index contributed by atoms with van der Waals surface area (Å²) >= 11 is 5.07. The number of hydrogen-bond acceptors (Lipinski definition) is 4. The molecular weight excluding hydrogens is 262 g/mol. The maximum absolute atomic E-state index is 11.9. The number of aryl methyl sites for hydroxylation is 1. The Morgan fingerprint density at radius 1 is 1.63 bits per heavy atom. The summed E-state index contributed by atoms with van der Waals surface area (Å²) in [5.74, 6) is 0. The van der Waals surface area contributed by atoms with Crippen LogP contribution in [0.5, 0.6) is 0 Å². The molecule has 8 heteroatoms. The van der Waals surface area contributed by atoms with E-state index in [1.165, 1.54) is 4.57 Å². The van der Waals surface area contributed by atoms with Gasteiger partial charge in [0.05, 0.1) is 6.10 Å². The number of nitrogens with zero attached hydrogens (tertiary/aromatic N) is 1. The first kappa shape index (κ1) is 14.6. The zero-order chi connectivity index (χ0) is 14.2. The second kappa shape index (κ2) is 5.26. The molecule has 2 unspecified atom stereocenters. The van der Waals surface area contributed by atoms with E-state index in [4.69, 9.17) is 32.6 Å². The summed E-state index contributed by atoms with van der Waals surface area (Å²) in [4.78, 5) is 14.5. The van der Waals surface area contributed by atoms with Crippen LogP contribution in [0.1, 0.15) is 31.6 Å². The van der Waals surface area contributed by atoms with Gasteiger partial charge in [0.2, 0.25) is 0 Å². The number of nitrogens with one attached hydrogen (secondary N) is 1. The fourth-order valence-electron chi connectivity index (χ4n) is 2.16. The lowest BCUT2D eigenvalue weighted by Gasteiger charge is -2.27. The Morgan fingerprint density at radius 3 is 2.84 bits per heavy atom. The summed E-state index contributed by atoms with van der Waals surface area (Å²) in [5, 5.41) is 7.62. The van der Waals surface area contributed by atoms with Crippen LogP contribution in [0, 0.1) is 4.64 Å². The molecule has 2 atom stereocenters. The highest BCUT2D eigenvalue weighted by molar-refractivity contribution is 7.71. The average molecular weight is 276 g/mol. The summed E-state index contributed by atoms with van der Waals surface area (Å²) in [6.07, 6.45) is 2.24. The molecule has 98 valence electrons. The minimum Gasteiger partial charge on any atom is -0.407 e. The van der Waals surface area contributed by atoms with E-state index in [1.807, 2.05) is 6.92 Å². The number of aromatic amines is 1. The summed E-state index contributed by atoms with van der Waals surface area (Å²) in [7, 11) is 10.8. The molecule has 0 saturated carbocycles. The van der Waals surface area contributed by atoms with E-state index < -0.39 is 17.7 Å². The Balaban J connectivity index is 2.30. The Labute approximate surface area is 118 Å². The number of H-pyrrole nitrogens is 1. The van der Waals surface area contributed by atoms with E-state index in [1.54, 1.807) is 6.20 Å². The molecule has 1 aromatic rings. The number of aliphatic hydroxyl groups is 1. The van der Waals surface area contributed by atoms with Crippen molar-refractivity contribution >= 4 is 27.9 Å². The van der Waals surface area contributed by atoms with Crippen LogP contribution in [0.3, 0.4) is 0 Å². The predicted molar refractivity (Wildman–Crippen MR) is 74.9 cm³/mol. The molecular formula is C11H14B2N2O3S. The normalized spacial score (nSPS) is 23.7. The minimum absolute atomic E-state index is 0.342. The quantitative estimate of drug-likeness (QED) is 0.608. The largest absolute Gasteiger partial charge is 0.407 e. The van der Waals surface area contributed by atoms with Crippen molar-refractivity contribution in [1.29, 1.82) is 0 Å². The van der Waals surface area contributed by atoms with Crippen LogP contribution in [-0.2, 0) is 11.2 Å². The predicted octanol–water partition coefficient (Wildman–Crippen LogP) is 0.129. The second-order valence-corrected chi connectivity index (χ2v) is 5.13. The summed E-state index contributed by atoms with van der Waals surface area (Å²) in [5.41, 5.74) is 0.517. The van der Waals surface area contributed by atoms with Crippen LogP contribution >= 0.6 is 12.2 Å². The van der Waals surface area contributed by atoms with Gasteiger partial charge in [0, 0.05) is 17.2 Å². The van der Waals surface area contributed by atoms with Crippen molar-refractivity contribution in [3.63, 3.8) is 0 Å². The fourth-order valence-corrected chi connectivity index (χ4v) is 2.44. The van der Waals surface area contributed by atoms with E-state index in [2.05, 4.69) is 4.98 Å². The highest BCUT2D eigenvalue weighted by atomic mass is 32.1. The van der Waals surface area contributed by atoms with E-state index in [0.29, 0.717) is 23.9 Å². The number of ether oxygens (including phenoxy) is 1. The van der Waals surface area contributed by atoms with Gasteiger partial charge in [-0.1, -0.05) is 19.1 Å². The Hall–Kier alpha value is -0.850. The van der Waals surface area contributed by atoms with Gasteiger partial charge in [-0.25, -0.2) is 4.79 Å². The van der Waals surface area contributed by atoms with Crippen LogP contribution < -0.4 is 5.69 Å². The van der Waals surface area contributed by atoms with Crippen molar-refractivity contribution in [3.8, 4) is 0 Å². The minimum atomic E-state index is -1.90. The molecule has 19 heavy (non-hydrogen) atoms. The van der Waals surface area contributed by atoms with Crippen LogP contribution in [0.25, 0.3) is 0 Å². The smallest absolute Gasteiger partial charge is 0.328 e. The van der Waals surface area contributed by atoms with Crippen LogP contribution in [-0.4, -0.2) is 41.9 Å². The highest BCUT2D eigenvalue weighted by Gasteiger charge is 2.35. The van der Waals surface area contributed by atoms with Gasteiger partial charge < -0.3 is 9.84 Å². The molecule has 1 aromatic heterocycles.